The molecule has 0 saturated heterocycles. The maximum atomic E-state index is 8.49. The molecular formula is C18H12Cl2N2O4. The monoisotopic (exact) mass is 390 g/mol. The summed E-state index contributed by atoms with van der Waals surface area (Å²) in [6, 6.07) is 20.5. The van der Waals surface area contributed by atoms with Gasteiger partial charge in [-0.2, -0.15) is 0 Å². The molecule has 0 aliphatic heterocycles. The normalized spacial score (nSPS) is 11.3. The van der Waals surface area contributed by atoms with E-state index in [1.165, 1.54) is 10.8 Å². The highest BCUT2D eigenvalue weighted by Gasteiger charge is 2.12. The zero-order valence-electron chi connectivity index (χ0n) is 13.2. The summed E-state index contributed by atoms with van der Waals surface area (Å²) in [5, 5.41) is 3.14. The van der Waals surface area contributed by atoms with Gasteiger partial charge in [0.2, 0.25) is 0 Å². The molecule has 2 aromatic carbocycles. The second-order valence-corrected chi connectivity index (χ2v) is 6.52. The fraction of sp³-hybridized carbons (Fsp3) is 0. The molecule has 0 spiro atoms. The van der Waals surface area contributed by atoms with Gasteiger partial charge in [-0.15, -0.1) is 10.2 Å². The van der Waals surface area contributed by atoms with Crippen molar-refractivity contribution in [1.29, 1.82) is 0 Å². The van der Waals surface area contributed by atoms with Crippen LogP contribution in [0, 0.1) is 10.2 Å². The molecule has 4 rings (SSSR count). The Morgan fingerprint density at radius 3 is 2.31 bits per heavy atom. The predicted octanol–water partition coefficient (Wildman–Crippen LogP) is -0.462. The third-order valence-electron chi connectivity index (χ3n) is 3.61. The van der Waals surface area contributed by atoms with Gasteiger partial charge in [0.05, 0.1) is 5.02 Å². The van der Waals surface area contributed by atoms with Crippen LogP contribution in [0.4, 0.5) is 0 Å². The molecule has 0 bridgehead atoms. The number of fused-ring (bicyclic) bond motifs is 2. The summed E-state index contributed by atoms with van der Waals surface area (Å²) in [6.45, 7) is 0. The summed E-state index contributed by atoms with van der Waals surface area (Å²) in [7, 11) is -4.94. The number of hydrogen-bond donors (Lipinski definition) is 0. The molecule has 8 heteroatoms. The molecule has 0 aliphatic carbocycles. The molecule has 4 aromatic rings. The summed E-state index contributed by atoms with van der Waals surface area (Å²) >= 11 is 6.00. The van der Waals surface area contributed by atoms with Gasteiger partial charge in [0, 0.05) is 17.7 Å². The maximum absolute atomic E-state index is 8.49. The lowest BCUT2D eigenvalue weighted by molar-refractivity contribution is -2.00. The minimum Gasteiger partial charge on any atom is -0.222 e. The molecule has 0 saturated carbocycles. The van der Waals surface area contributed by atoms with E-state index >= 15 is 0 Å². The van der Waals surface area contributed by atoms with Crippen LogP contribution in [0.25, 0.3) is 27.7 Å². The standard InChI is InChI=1S/C18H12ClN2.ClHO4/c19-14-8-9-18-20-17(10-11-21(18)12-14)16-7-3-5-13-4-1-2-6-15(13)16;2-1(3,4)5/h1-12H;(H,2,3,4,5)/q+1;/p-1. The minimum absolute atomic E-state index is 0.701. The highest BCUT2D eigenvalue weighted by atomic mass is 35.7. The van der Waals surface area contributed by atoms with E-state index in [0.29, 0.717) is 5.02 Å². The van der Waals surface area contributed by atoms with E-state index in [9.17, 15) is 0 Å². The quantitative estimate of drug-likeness (QED) is 0.408. The molecule has 0 N–H and O–H groups in total. The van der Waals surface area contributed by atoms with Gasteiger partial charge in [0.1, 0.15) is 12.4 Å². The largest absolute Gasteiger partial charge is 0.328 e. The van der Waals surface area contributed by atoms with Gasteiger partial charge in [-0.3, -0.25) is 0 Å². The number of pyridine rings is 1. The number of aromatic nitrogens is 2. The van der Waals surface area contributed by atoms with Crippen molar-refractivity contribution in [2.75, 3.05) is 0 Å². The second kappa shape index (κ2) is 7.51. The van der Waals surface area contributed by atoms with Crippen LogP contribution in [0.15, 0.2) is 73.1 Å². The molecule has 0 amide bonds. The van der Waals surface area contributed by atoms with Crippen LogP contribution in [0.1, 0.15) is 0 Å². The average molecular weight is 391 g/mol. The lowest BCUT2D eigenvalue weighted by atomic mass is 10.0. The Bertz CT molecular complexity index is 1060. The molecule has 132 valence electrons. The molecule has 26 heavy (non-hydrogen) atoms. The Hall–Kier alpha value is -2.32. The van der Waals surface area contributed by atoms with Gasteiger partial charge in [0.15, 0.2) is 5.69 Å². The molecule has 0 fully saturated rings. The zero-order chi connectivity index (χ0) is 18.7. The van der Waals surface area contributed by atoms with Gasteiger partial charge in [-0.25, -0.2) is 23.0 Å². The fourth-order valence-corrected chi connectivity index (χ4v) is 2.78. The first-order valence-electron chi connectivity index (χ1n) is 7.39. The van der Waals surface area contributed by atoms with Crippen LogP contribution in [0.2, 0.25) is 5.02 Å². The van der Waals surface area contributed by atoms with Gasteiger partial charge < -0.3 is 0 Å². The SMILES string of the molecule is Clc1ccc2nc(-c3cccc4ccccc34)cc[n+]2c1.[O-][Cl+3]([O-])([O-])[O-]. The van der Waals surface area contributed by atoms with E-state index in [1.54, 1.807) is 0 Å². The van der Waals surface area contributed by atoms with Crippen LogP contribution in [0.5, 0.6) is 0 Å². The first-order chi connectivity index (χ1) is 12.3. The minimum atomic E-state index is -4.94. The van der Waals surface area contributed by atoms with Crippen LogP contribution < -0.4 is 23.0 Å². The molecule has 0 atom stereocenters. The van der Waals surface area contributed by atoms with Crippen LogP contribution in [-0.4, -0.2) is 4.98 Å². The maximum Gasteiger partial charge on any atom is 0.328 e. The topological polar surface area (TPSA) is 109 Å². The van der Waals surface area contributed by atoms with E-state index in [-0.39, 0.29) is 0 Å². The van der Waals surface area contributed by atoms with Crippen molar-refractivity contribution in [3.05, 3.63) is 78.1 Å². The molecule has 6 nitrogen and oxygen atoms in total. The third kappa shape index (κ3) is 4.64. The third-order valence-corrected chi connectivity index (χ3v) is 3.84. The number of nitrogens with zero attached hydrogens (tertiary/aromatic N) is 2. The Balaban J connectivity index is 0.000000349. The summed E-state index contributed by atoms with van der Waals surface area (Å²) < 4.78 is 35.9. The summed E-state index contributed by atoms with van der Waals surface area (Å²) in [6.07, 6.45) is 3.85. The zero-order valence-corrected chi connectivity index (χ0v) is 14.7. The molecule has 0 unspecified atom stereocenters. The van der Waals surface area contributed by atoms with Gasteiger partial charge in [0.25, 0.3) is 0 Å². The van der Waals surface area contributed by atoms with E-state index in [4.69, 9.17) is 35.2 Å². The van der Waals surface area contributed by atoms with E-state index < -0.39 is 10.2 Å². The van der Waals surface area contributed by atoms with Crippen molar-refractivity contribution >= 4 is 28.0 Å². The van der Waals surface area contributed by atoms with Crippen molar-refractivity contribution in [3.8, 4) is 11.3 Å². The van der Waals surface area contributed by atoms with E-state index in [1.807, 2.05) is 35.0 Å². The molecular weight excluding hydrogens is 379 g/mol. The van der Waals surface area contributed by atoms with Crippen molar-refractivity contribution in [1.82, 2.24) is 4.98 Å². The number of halogens is 2. The van der Waals surface area contributed by atoms with Crippen molar-refractivity contribution in [3.63, 3.8) is 0 Å². The van der Waals surface area contributed by atoms with Crippen LogP contribution in [-0.2, 0) is 0 Å². The fourth-order valence-electron chi connectivity index (χ4n) is 2.61. The lowest BCUT2D eigenvalue weighted by Gasteiger charge is -2.17. The Labute approximate surface area is 155 Å². The molecule has 0 aliphatic rings. The number of hydrogen-bond acceptors (Lipinski definition) is 5. The van der Waals surface area contributed by atoms with Crippen molar-refractivity contribution in [2.45, 2.75) is 0 Å². The highest BCUT2D eigenvalue weighted by Crippen LogP contribution is 2.26. The van der Waals surface area contributed by atoms with Gasteiger partial charge in [-0.1, -0.05) is 48.0 Å². The molecule has 0 radical (unpaired) electrons. The van der Waals surface area contributed by atoms with Crippen molar-refractivity contribution < 1.29 is 33.3 Å². The Morgan fingerprint density at radius 2 is 1.54 bits per heavy atom. The Kier molecular flexibility index (Phi) is 5.33. The Morgan fingerprint density at radius 1 is 0.846 bits per heavy atom. The first-order valence-corrected chi connectivity index (χ1v) is 9.00. The van der Waals surface area contributed by atoms with Gasteiger partial charge in [-0.05, 0) is 27.9 Å². The molecule has 2 aromatic heterocycles. The van der Waals surface area contributed by atoms with Crippen LogP contribution in [0.3, 0.4) is 0 Å². The predicted molar refractivity (Wildman–Crippen MR) is 85.3 cm³/mol. The number of rotatable bonds is 1. The summed E-state index contributed by atoms with van der Waals surface area (Å²) in [5.41, 5.74) is 2.99. The lowest BCUT2D eigenvalue weighted by Crippen LogP contribution is -2.68. The van der Waals surface area contributed by atoms with E-state index in [0.717, 1.165) is 16.9 Å². The molecule has 2 heterocycles. The van der Waals surface area contributed by atoms with Crippen molar-refractivity contribution in [2.24, 2.45) is 0 Å². The summed E-state index contributed by atoms with van der Waals surface area (Å²) in [4.78, 5) is 4.74. The van der Waals surface area contributed by atoms with E-state index in [2.05, 4.69) is 42.5 Å². The highest BCUT2D eigenvalue weighted by molar-refractivity contribution is 6.30. The average Bonchev–Trinajstić information content (AvgIpc) is 2.59. The van der Waals surface area contributed by atoms with Crippen LogP contribution >= 0.6 is 11.6 Å². The first kappa shape index (κ1) is 18.5. The second-order valence-electron chi connectivity index (χ2n) is 5.33. The summed E-state index contributed by atoms with van der Waals surface area (Å²) in [5.74, 6) is 0. The number of benzene rings is 2. The van der Waals surface area contributed by atoms with Gasteiger partial charge >= 0.3 is 5.65 Å². The smallest absolute Gasteiger partial charge is 0.222 e.